The molecule has 0 unspecified atom stereocenters. The molecule has 1 aliphatic rings. The lowest BCUT2D eigenvalue weighted by atomic mass is 9.61. The molecule has 0 saturated heterocycles. The molecule has 25 heavy (non-hydrogen) atoms. The number of amides is 2. The van der Waals surface area contributed by atoms with Crippen molar-refractivity contribution in [1.82, 2.24) is 10.6 Å². The van der Waals surface area contributed by atoms with Crippen molar-refractivity contribution in [2.75, 3.05) is 6.61 Å². The summed E-state index contributed by atoms with van der Waals surface area (Å²) < 4.78 is 0. The molecule has 0 aromatic carbocycles. The lowest BCUT2D eigenvalue weighted by molar-refractivity contribution is -0.140. The lowest BCUT2D eigenvalue weighted by Gasteiger charge is -2.49. The average molecular weight is 357 g/mol. The Bertz CT molecular complexity index is 502. The molecule has 8 heteroatoms. The van der Waals surface area contributed by atoms with E-state index in [2.05, 4.69) is 38.3 Å². The Labute approximate surface area is 148 Å². The molecule has 2 atom stereocenters. The highest BCUT2D eigenvalue weighted by Crippen LogP contribution is 2.45. The summed E-state index contributed by atoms with van der Waals surface area (Å²) in [6.07, 6.45) is 2.48. The van der Waals surface area contributed by atoms with Crippen LogP contribution in [-0.4, -0.2) is 52.7 Å². The molecule has 1 saturated carbocycles. The number of aliphatic carboxylic acids is 1. The van der Waals surface area contributed by atoms with Gasteiger partial charge in [0.1, 0.15) is 6.04 Å². The predicted octanol–water partition coefficient (Wildman–Crippen LogP) is -0.0134. The smallest absolute Gasteiger partial charge is 0.305 e. The van der Waals surface area contributed by atoms with E-state index in [-0.39, 0.29) is 16.9 Å². The van der Waals surface area contributed by atoms with E-state index >= 15 is 0 Å². The first kappa shape index (κ1) is 21.4. The van der Waals surface area contributed by atoms with Crippen molar-refractivity contribution in [1.29, 1.82) is 0 Å². The Kier molecular flexibility index (Phi) is 6.96. The molecule has 0 aromatic rings. The summed E-state index contributed by atoms with van der Waals surface area (Å²) in [5, 5.41) is 23.4. The maximum atomic E-state index is 12.6. The van der Waals surface area contributed by atoms with E-state index in [9.17, 15) is 19.5 Å². The van der Waals surface area contributed by atoms with E-state index in [4.69, 9.17) is 10.8 Å². The zero-order valence-electron chi connectivity index (χ0n) is 15.5. The van der Waals surface area contributed by atoms with Crippen molar-refractivity contribution in [3.63, 3.8) is 0 Å². The molecule has 0 bridgehead atoms. The molecule has 1 aliphatic carbocycles. The van der Waals surface area contributed by atoms with Gasteiger partial charge in [-0.15, -0.1) is 0 Å². The van der Waals surface area contributed by atoms with Crippen LogP contribution < -0.4 is 16.4 Å². The number of rotatable bonds is 7. The van der Waals surface area contributed by atoms with Crippen molar-refractivity contribution in [2.24, 2.45) is 16.6 Å². The Morgan fingerprint density at radius 1 is 1.12 bits per heavy atom. The van der Waals surface area contributed by atoms with Crippen LogP contribution >= 0.6 is 0 Å². The number of hydrogen-bond acceptors (Lipinski definition) is 5. The van der Waals surface area contributed by atoms with Crippen LogP contribution in [0.15, 0.2) is 0 Å². The minimum absolute atomic E-state index is 0.110. The zero-order chi connectivity index (χ0) is 19.4. The number of aliphatic hydroxyl groups is 1. The summed E-state index contributed by atoms with van der Waals surface area (Å²) in [4.78, 5) is 35.1. The van der Waals surface area contributed by atoms with Crippen LogP contribution in [0.1, 0.15) is 53.4 Å². The number of hydrogen-bond donors (Lipinski definition) is 5. The van der Waals surface area contributed by atoms with E-state index in [1.54, 1.807) is 0 Å². The predicted molar refractivity (Wildman–Crippen MR) is 92.6 cm³/mol. The van der Waals surface area contributed by atoms with Gasteiger partial charge in [0.15, 0.2) is 0 Å². The molecule has 0 heterocycles. The maximum absolute atomic E-state index is 12.6. The molecule has 0 spiro atoms. The highest BCUT2D eigenvalue weighted by molar-refractivity contribution is 5.91. The van der Waals surface area contributed by atoms with Crippen molar-refractivity contribution >= 4 is 17.8 Å². The molecule has 1 rings (SSSR count). The Morgan fingerprint density at radius 3 is 2.08 bits per heavy atom. The molecule has 1 fully saturated rings. The summed E-state index contributed by atoms with van der Waals surface area (Å²) >= 11 is 0. The summed E-state index contributed by atoms with van der Waals surface area (Å²) in [6.45, 7) is 7.77. The molecule has 0 aromatic heterocycles. The third kappa shape index (κ3) is 5.67. The van der Waals surface area contributed by atoms with Gasteiger partial charge in [0, 0.05) is 6.04 Å². The molecule has 8 nitrogen and oxygen atoms in total. The van der Waals surface area contributed by atoms with Gasteiger partial charge in [-0.2, -0.15) is 0 Å². The molecule has 2 amide bonds. The van der Waals surface area contributed by atoms with Crippen molar-refractivity contribution in [3.8, 4) is 0 Å². The van der Waals surface area contributed by atoms with Crippen LogP contribution in [0.3, 0.4) is 0 Å². The van der Waals surface area contributed by atoms with Crippen LogP contribution in [0.25, 0.3) is 0 Å². The molecule has 0 aliphatic heterocycles. The van der Waals surface area contributed by atoms with Gasteiger partial charge in [-0.3, -0.25) is 14.4 Å². The van der Waals surface area contributed by atoms with Crippen LogP contribution in [-0.2, 0) is 14.4 Å². The van der Waals surface area contributed by atoms with Crippen LogP contribution in [0.4, 0.5) is 0 Å². The summed E-state index contributed by atoms with van der Waals surface area (Å²) in [6, 6.07) is -2.55. The largest absolute Gasteiger partial charge is 0.481 e. The fourth-order valence-corrected chi connectivity index (χ4v) is 3.73. The minimum atomic E-state index is -1.28. The topological polar surface area (TPSA) is 142 Å². The number of carbonyl (C=O) groups excluding carboxylic acids is 2. The number of carboxylic acids is 1. The summed E-state index contributed by atoms with van der Waals surface area (Å²) in [7, 11) is 0. The van der Waals surface area contributed by atoms with Gasteiger partial charge in [0.2, 0.25) is 11.8 Å². The second-order valence-electron chi connectivity index (χ2n) is 8.22. The second-order valence-corrected chi connectivity index (χ2v) is 8.22. The average Bonchev–Trinajstić information content (AvgIpc) is 2.46. The Hall–Kier alpha value is -1.67. The van der Waals surface area contributed by atoms with Crippen LogP contribution in [0, 0.1) is 10.8 Å². The molecule has 144 valence electrons. The van der Waals surface area contributed by atoms with Gasteiger partial charge in [-0.1, -0.05) is 34.1 Å². The van der Waals surface area contributed by atoms with Gasteiger partial charge in [-0.25, -0.2) is 0 Å². The monoisotopic (exact) mass is 357 g/mol. The normalized spacial score (nSPS) is 21.8. The molecule has 0 radical (unpaired) electrons. The quantitative estimate of drug-likeness (QED) is 0.434. The molecule has 6 N–H and O–H groups in total. The van der Waals surface area contributed by atoms with Gasteiger partial charge < -0.3 is 26.6 Å². The van der Waals surface area contributed by atoms with Gasteiger partial charge in [-0.05, 0) is 23.7 Å². The first-order chi connectivity index (χ1) is 11.4. The van der Waals surface area contributed by atoms with Crippen LogP contribution in [0.2, 0.25) is 0 Å². The van der Waals surface area contributed by atoms with Crippen molar-refractivity contribution in [2.45, 2.75) is 71.5 Å². The van der Waals surface area contributed by atoms with Gasteiger partial charge in [0.25, 0.3) is 0 Å². The zero-order valence-corrected chi connectivity index (χ0v) is 15.5. The minimum Gasteiger partial charge on any atom is -0.481 e. The van der Waals surface area contributed by atoms with E-state index < -0.39 is 42.9 Å². The fraction of sp³-hybridized carbons (Fsp3) is 0.824. The lowest BCUT2D eigenvalue weighted by Crippen LogP contribution is -2.61. The number of carboxylic acid groups (broad SMARTS) is 1. The third-order valence-corrected chi connectivity index (χ3v) is 5.04. The van der Waals surface area contributed by atoms with Gasteiger partial charge >= 0.3 is 5.97 Å². The first-order valence-electron chi connectivity index (χ1n) is 8.59. The highest BCUT2D eigenvalue weighted by Gasteiger charge is 2.45. The Morgan fingerprint density at radius 2 is 1.64 bits per heavy atom. The van der Waals surface area contributed by atoms with E-state index in [1.807, 2.05) is 0 Å². The van der Waals surface area contributed by atoms with Gasteiger partial charge in [0.05, 0.1) is 19.1 Å². The first-order valence-corrected chi connectivity index (χ1v) is 8.59. The number of nitrogens with two attached hydrogens (primary N) is 1. The highest BCUT2D eigenvalue weighted by atomic mass is 16.4. The third-order valence-electron chi connectivity index (χ3n) is 5.04. The second kappa shape index (κ2) is 8.14. The van der Waals surface area contributed by atoms with Crippen LogP contribution in [0.5, 0.6) is 0 Å². The molecular formula is C17H31N3O5. The van der Waals surface area contributed by atoms with E-state index in [0.29, 0.717) is 0 Å². The van der Waals surface area contributed by atoms with Crippen molar-refractivity contribution < 1.29 is 24.6 Å². The summed E-state index contributed by atoms with van der Waals surface area (Å²) in [5.41, 5.74) is 5.27. The maximum Gasteiger partial charge on any atom is 0.305 e. The number of aliphatic hydroxyl groups excluding tert-OH is 1. The number of carbonyl (C=O) groups is 3. The number of nitrogens with one attached hydrogen (secondary N) is 2. The Balaban J connectivity index is 2.78. The SMILES string of the molecule is CC1(C)CCCC(C)(C)C1NC(=O)[C@@H](CO)NC(=O)[C@@H](N)CC(=O)O. The molecular weight excluding hydrogens is 326 g/mol. The van der Waals surface area contributed by atoms with Crippen molar-refractivity contribution in [3.05, 3.63) is 0 Å². The standard InChI is InChI=1S/C17H31N3O5/c1-16(2)6-5-7-17(3,4)15(16)20-14(25)11(9-21)19-13(24)10(18)8-12(22)23/h10-11,15,21H,5-9,18H2,1-4H3,(H,19,24)(H,20,25)(H,22,23)/t10-,11+/m0/s1. The fourth-order valence-electron chi connectivity index (χ4n) is 3.73. The van der Waals surface area contributed by atoms with E-state index in [1.165, 1.54) is 0 Å². The van der Waals surface area contributed by atoms with E-state index in [0.717, 1.165) is 19.3 Å². The summed E-state index contributed by atoms with van der Waals surface area (Å²) in [5.74, 6) is -2.48.